The van der Waals surface area contributed by atoms with E-state index in [-0.39, 0.29) is 33.8 Å². The first-order valence-electron chi connectivity index (χ1n) is 9.88. The topological polar surface area (TPSA) is 155 Å². The molecule has 0 fully saturated rings. The number of imide groups is 2. The summed E-state index contributed by atoms with van der Waals surface area (Å²) in [4.78, 5) is 82.6. The van der Waals surface area contributed by atoms with Crippen molar-refractivity contribution >= 4 is 35.6 Å². The molecule has 0 aromatic heterocycles. The highest BCUT2D eigenvalue weighted by atomic mass is 16.7. The molecule has 0 aliphatic carbocycles. The van der Waals surface area contributed by atoms with E-state index in [1.165, 1.54) is 50.6 Å². The van der Waals surface area contributed by atoms with Crippen LogP contribution in [-0.4, -0.2) is 73.1 Å². The number of nitrogens with zero attached hydrogens (tertiary/aromatic N) is 2. The molecule has 180 valence electrons. The van der Waals surface area contributed by atoms with Crippen LogP contribution in [0.15, 0.2) is 36.4 Å². The number of hydrogen-bond donors (Lipinski definition) is 0. The van der Waals surface area contributed by atoms with E-state index in [1.54, 1.807) is 0 Å². The second kappa shape index (κ2) is 9.32. The zero-order valence-corrected chi connectivity index (χ0v) is 18.3. The van der Waals surface area contributed by atoms with Crippen LogP contribution in [0.1, 0.15) is 41.4 Å². The minimum Gasteiger partial charge on any atom is -0.457 e. The van der Waals surface area contributed by atoms with Crippen LogP contribution < -0.4 is 4.74 Å². The first-order valence-corrected chi connectivity index (χ1v) is 9.88. The average Bonchev–Trinajstić information content (AvgIpc) is 3.19. The summed E-state index contributed by atoms with van der Waals surface area (Å²) in [6.45, 7) is -0.908. The molecule has 2 heterocycles. The van der Waals surface area contributed by atoms with Gasteiger partial charge in [0.2, 0.25) is 0 Å². The summed E-state index contributed by atoms with van der Waals surface area (Å²) >= 11 is 0. The van der Waals surface area contributed by atoms with Gasteiger partial charge in [0.1, 0.15) is 24.7 Å². The lowest BCUT2D eigenvalue weighted by Crippen LogP contribution is -2.33. The molecule has 2 aliphatic rings. The highest BCUT2D eigenvalue weighted by molar-refractivity contribution is 6.22. The van der Waals surface area contributed by atoms with E-state index >= 15 is 0 Å². The number of rotatable bonds is 8. The quantitative estimate of drug-likeness (QED) is 0.490. The summed E-state index contributed by atoms with van der Waals surface area (Å²) in [7, 11) is 2.50. The van der Waals surface area contributed by atoms with E-state index < -0.39 is 48.8 Å². The third-order valence-corrected chi connectivity index (χ3v) is 4.79. The Kier molecular flexibility index (Phi) is 6.27. The fraction of sp³-hybridized carbons (Fsp3) is 0.182. The van der Waals surface area contributed by atoms with Gasteiger partial charge in [-0.3, -0.25) is 19.2 Å². The van der Waals surface area contributed by atoms with Crippen LogP contribution in [-0.2, 0) is 28.7 Å². The molecular weight excluding hydrogens is 468 g/mol. The summed E-state index contributed by atoms with van der Waals surface area (Å²) in [5, 5.41) is 0.657. The molecule has 0 spiro atoms. The third kappa shape index (κ3) is 4.32. The molecule has 0 bridgehead atoms. The number of benzene rings is 2. The molecule has 2 aromatic rings. The molecule has 0 N–H and O–H groups in total. The minimum absolute atomic E-state index is 0.00388. The Morgan fingerprint density at radius 2 is 1.00 bits per heavy atom. The van der Waals surface area contributed by atoms with Crippen LogP contribution in [0.25, 0.3) is 0 Å². The highest BCUT2D eigenvalue weighted by Gasteiger charge is 2.40. The van der Waals surface area contributed by atoms with E-state index in [9.17, 15) is 28.8 Å². The molecule has 35 heavy (non-hydrogen) atoms. The van der Waals surface area contributed by atoms with Gasteiger partial charge in [-0.05, 0) is 36.4 Å². The number of ether oxygens (including phenoxy) is 3. The number of amides is 4. The lowest BCUT2D eigenvalue weighted by Gasteiger charge is -2.11. The molecule has 0 radical (unpaired) electrons. The standard InChI is InChI=1S/C22H16N2O11/c1-31-9-17(25)34-23-19(27)13-5-3-11(7-15(13)21(23)29)33-12-4-6-14-16(8-12)22(30)24(20(14)28)35-18(26)10-32-2/h3-8H,9-10H2,1-2H3. The monoisotopic (exact) mass is 484 g/mol. The molecule has 4 amide bonds. The van der Waals surface area contributed by atoms with Crippen molar-refractivity contribution in [1.82, 2.24) is 10.1 Å². The van der Waals surface area contributed by atoms with Crippen molar-refractivity contribution < 1.29 is 52.7 Å². The Morgan fingerprint density at radius 3 is 1.37 bits per heavy atom. The number of carbonyl (C=O) groups excluding carboxylic acids is 6. The first kappa shape index (κ1) is 23.5. The van der Waals surface area contributed by atoms with E-state index in [0.717, 1.165) is 0 Å². The molecule has 0 atom stereocenters. The zero-order chi connectivity index (χ0) is 25.3. The predicted octanol–water partition coefficient (Wildman–Crippen LogP) is 0.880. The van der Waals surface area contributed by atoms with Crippen molar-refractivity contribution in [3.63, 3.8) is 0 Å². The summed E-state index contributed by atoms with van der Waals surface area (Å²) in [6.07, 6.45) is 0. The summed E-state index contributed by atoms with van der Waals surface area (Å²) in [5.41, 5.74) is -0.144. The van der Waals surface area contributed by atoms with Crippen molar-refractivity contribution in [2.45, 2.75) is 0 Å². The Balaban J connectivity index is 1.52. The van der Waals surface area contributed by atoms with Crippen molar-refractivity contribution in [1.29, 1.82) is 0 Å². The number of hydrogen-bond acceptors (Lipinski definition) is 11. The molecule has 2 aromatic carbocycles. The van der Waals surface area contributed by atoms with Crippen molar-refractivity contribution in [2.24, 2.45) is 0 Å². The van der Waals surface area contributed by atoms with Gasteiger partial charge in [0, 0.05) is 14.2 Å². The van der Waals surface area contributed by atoms with E-state index in [0.29, 0.717) is 10.1 Å². The normalized spacial score (nSPS) is 14.2. The molecular formula is C22H16N2O11. The Bertz CT molecular complexity index is 1190. The van der Waals surface area contributed by atoms with Crippen LogP contribution in [0, 0.1) is 0 Å². The van der Waals surface area contributed by atoms with Crippen LogP contribution in [0.5, 0.6) is 11.5 Å². The fourth-order valence-corrected chi connectivity index (χ4v) is 3.32. The van der Waals surface area contributed by atoms with Gasteiger partial charge >= 0.3 is 11.9 Å². The van der Waals surface area contributed by atoms with Gasteiger partial charge < -0.3 is 23.9 Å². The molecule has 2 aliphatic heterocycles. The van der Waals surface area contributed by atoms with Crippen molar-refractivity contribution in [2.75, 3.05) is 27.4 Å². The number of hydroxylamine groups is 4. The molecule has 13 heteroatoms. The predicted molar refractivity (Wildman–Crippen MR) is 110 cm³/mol. The van der Waals surface area contributed by atoms with Gasteiger partial charge in [-0.15, -0.1) is 0 Å². The number of methoxy groups -OCH3 is 2. The zero-order valence-electron chi connectivity index (χ0n) is 18.3. The van der Waals surface area contributed by atoms with Gasteiger partial charge in [-0.25, -0.2) is 9.59 Å². The first-order chi connectivity index (χ1) is 16.7. The summed E-state index contributed by atoms with van der Waals surface area (Å²) in [6, 6.07) is 7.94. The molecule has 4 rings (SSSR count). The van der Waals surface area contributed by atoms with Crippen molar-refractivity contribution in [3.8, 4) is 11.5 Å². The molecule has 13 nitrogen and oxygen atoms in total. The van der Waals surface area contributed by atoms with Crippen LogP contribution in [0.2, 0.25) is 0 Å². The summed E-state index contributed by atoms with van der Waals surface area (Å²) in [5.74, 6) is -5.02. The maximum atomic E-state index is 12.5. The lowest BCUT2D eigenvalue weighted by atomic mass is 10.1. The smallest absolute Gasteiger partial charge is 0.358 e. The van der Waals surface area contributed by atoms with Gasteiger partial charge in [0.05, 0.1) is 22.3 Å². The van der Waals surface area contributed by atoms with Crippen molar-refractivity contribution in [3.05, 3.63) is 58.7 Å². The summed E-state index contributed by atoms with van der Waals surface area (Å²) < 4.78 is 14.9. The average molecular weight is 484 g/mol. The lowest BCUT2D eigenvalue weighted by molar-refractivity contribution is -0.173. The maximum absolute atomic E-state index is 12.5. The van der Waals surface area contributed by atoms with Crippen LogP contribution in [0.4, 0.5) is 0 Å². The number of fused-ring (bicyclic) bond motifs is 2. The minimum atomic E-state index is -0.933. The second-order valence-electron chi connectivity index (χ2n) is 7.12. The van der Waals surface area contributed by atoms with Crippen LogP contribution >= 0.6 is 0 Å². The van der Waals surface area contributed by atoms with Gasteiger partial charge in [-0.2, -0.15) is 0 Å². The van der Waals surface area contributed by atoms with Gasteiger partial charge in [0.15, 0.2) is 0 Å². The molecule has 0 saturated carbocycles. The largest absolute Gasteiger partial charge is 0.457 e. The van der Waals surface area contributed by atoms with E-state index in [2.05, 4.69) is 9.47 Å². The number of carbonyl (C=O) groups is 6. The second-order valence-corrected chi connectivity index (χ2v) is 7.12. The third-order valence-electron chi connectivity index (χ3n) is 4.79. The molecule has 0 saturated heterocycles. The van der Waals surface area contributed by atoms with E-state index in [1.807, 2.05) is 0 Å². The van der Waals surface area contributed by atoms with Gasteiger partial charge in [-0.1, -0.05) is 10.1 Å². The van der Waals surface area contributed by atoms with Gasteiger partial charge in [0.25, 0.3) is 23.6 Å². The SMILES string of the molecule is COCC(=O)ON1C(=O)c2ccc(Oc3ccc4c(c3)C(=O)N(OC(=O)COC)C4=O)cc2C1=O. The highest BCUT2D eigenvalue weighted by Crippen LogP contribution is 2.32. The fourth-order valence-electron chi connectivity index (χ4n) is 3.32. The Morgan fingerprint density at radius 1 is 0.629 bits per heavy atom. The Labute approximate surface area is 196 Å². The van der Waals surface area contributed by atoms with Crippen LogP contribution in [0.3, 0.4) is 0 Å². The Hall–Kier alpha value is -4.62. The molecule has 0 unspecified atom stereocenters. The van der Waals surface area contributed by atoms with E-state index in [4.69, 9.17) is 14.4 Å². The maximum Gasteiger partial charge on any atom is 0.358 e.